The third kappa shape index (κ3) is 6.26. The molecular formula is C21H25F3N4O3S. The van der Waals surface area contributed by atoms with Gasteiger partial charge in [0.25, 0.3) is 5.91 Å². The number of halogens is 3. The Morgan fingerprint density at radius 2 is 1.81 bits per heavy atom. The van der Waals surface area contributed by atoms with Crippen LogP contribution in [-0.4, -0.2) is 69.1 Å². The third-order valence-corrected chi connectivity index (χ3v) is 6.81. The van der Waals surface area contributed by atoms with Crippen molar-refractivity contribution in [3.8, 4) is 0 Å². The van der Waals surface area contributed by atoms with Crippen LogP contribution in [0.5, 0.6) is 0 Å². The standard InChI is InChI=1S/C19H24N4OS.C2HF3O2/c1-15-2-3-16(25-15)13-22-9-4-19(14-22)5-10-23(11-6-19)18(24)17-12-20-7-8-21-17;3-2(4,5)1(6)7/h2-3,7-8,12H,4-6,9-11,13-14H2,1H3;(H,6,7). The normalized spacial score (nSPS) is 18.3. The second-order valence-corrected chi connectivity index (χ2v) is 9.53. The number of rotatable bonds is 3. The molecule has 2 aromatic heterocycles. The summed E-state index contributed by atoms with van der Waals surface area (Å²) in [7, 11) is 0. The van der Waals surface area contributed by atoms with Crippen molar-refractivity contribution in [3.05, 3.63) is 46.2 Å². The molecule has 2 aromatic rings. The predicted molar refractivity (Wildman–Crippen MR) is 112 cm³/mol. The first-order valence-electron chi connectivity index (χ1n) is 10.2. The van der Waals surface area contributed by atoms with Gasteiger partial charge < -0.3 is 10.0 Å². The Morgan fingerprint density at radius 1 is 1.16 bits per heavy atom. The lowest BCUT2D eigenvalue weighted by Crippen LogP contribution is -2.44. The number of carbonyl (C=O) groups is 2. The molecule has 0 aliphatic carbocycles. The molecule has 2 fully saturated rings. The highest BCUT2D eigenvalue weighted by molar-refractivity contribution is 7.11. The largest absolute Gasteiger partial charge is 0.490 e. The molecule has 0 radical (unpaired) electrons. The summed E-state index contributed by atoms with van der Waals surface area (Å²) in [4.78, 5) is 37.0. The van der Waals surface area contributed by atoms with Crippen molar-refractivity contribution < 1.29 is 27.9 Å². The van der Waals surface area contributed by atoms with E-state index in [1.54, 1.807) is 18.6 Å². The number of thiophene rings is 1. The van der Waals surface area contributed by atoms with Gasteiger partial charge in [-0.15, -0.1) is 11.3 Å². The van der Waals surface area contributed by atoms with Crippen LogP contribution in [-0.2, 0) is 11.3 Å². The van der Waals surface area contributed by atoms with E-state index in [9.17, 15) is 18.0 Å². The highest BCUT2D eigenvalue weighted by atomic mass is 32.1. The molecule has 11 heteroatoms. The molecule has 0 unspecified atom stereocenters. The minimum Gasteiger partial charge on any atom is -0.475 e. The van der Waals surface area contributed by atoms with E-state index in [2.05, 4.69) is 33.9 Å². The molecule has 7 nitrogen and oxygen atoms in total. The van der Waals surface area contributed by atoms with Gasteiger partial charge in [0.1, 0.15) is 5.69 Å². The molecular weight excluding hydrogens is 445 g/mol. The van der Waals surface area contributed by atoms with Crippen molar-refractivity contribution in [2.24, 2.45) is 5.41 Å². The Bertz CT molecular complexity index is 928. The van der Waals surface area contributed by atoms with Crippen LogP contribution in [0.15, 0.2) is 30.7 Å². The molecule has 32 heavy (non-hydrogen) atoms. The Kier molecular flexibility index (Phi) is 7.50. The monoisotopic (exact) mass is 470 g/mol. The summed E-state index contributed by atoms with van der Waals surface area (Å²) < 4.78 is 31.7. The van der Waals surface area contributed by atoms with Crippen molar-refractivity contribution in [2.75, 3.05) is 26.2 Å². The molecule has 0 atom stereocenters. The zero-order valence-corrected chi connectivity index (χ0v) is 18.5. The summed E-state index contributed by atoms with van der Waals surface area (Å²) >= 11 is 1.90. The van der Waals surface area contributed by atoms with E-state index < -0.39 is 12.1 Å². The number of aliphatic carboxylic acids is 1. The summed E-state index contributed by atoms with van der Waals surface area (Å²) in [6, 6.07) is 4.47. The fraction of sp³-hybridized carbons (Fsp3) is 0.524. The van der Waals surface area contributed by atoms with Crippen LogP contribution < -0.4 is 0 Å². The number of nitrogens with zero attached hydrogens (tertiary/aromatic N) is 4. The average molecular weight is 471 g/mol. The molecule has 0 aromatic carbocycles. The number of alkyl halides is 3. The van der Waals surface area contributed by atoms with Crippen molar-refractivity contribution in [1.29, 1.82) is 0 Å². The van der Waals surface area contributed by atoms with E-state index in [0.717, 1.165) is 39.0 Å². The fourth-order valence-corrected chi connectivity index (χ4v) is 5.05. The van der Waals surface area contributed by atoms with Gasteiger partial charge in [0, 0.05) is 48.3 Å². The lowest BCUT2D eigenvalue weighted by atomic mass is 9.77. The number of carboxylic acids is 1. The number of hydrogen-bond donors (Lipinski definition) is 1. The SMILES string of the molecule is Cc1ccc(CN2CCC3(CCN(C(=O)c4cnccn4)CC3)C2)s1.O=C(O)C(F)(F)F. The van der Waals surface area contributed by atoms with Gasteiger partial charge in [0.05, 0.1) is 6.20 Å². The Balaban J connectivity index is 0.000000360. The van der Waals surface area contributed by atoms with Gasteiger partial charge in [0.15, 0.2) is 0 Å². The van der Waals surface area contributed by atoms with E-state index in [4.69, 9.17) is 9.90 Å². The van der Waals surface area contributed by atoms with Crippen molar-refractivity contribution in [3.63, 3.8) is 0 Å². The summed E-state index contributed by atoms with van der Waals surface area (Å²) in [6.45, 7) is 7.25. The van der Waals surface area contributed by atoms with Crippen molar-refractivity contribution >= 4 is 23.2 Å². The van der Waals surface area contributed by atoms with E-state index in [1.807, 2.05) is 16.2 Å². The lowest BCUT2D eigenvalue weighted by molar-refractivity contribution is -0.192. The van der Waals surface area contributed by atoms with Gasteiger partial charge in [-0.05, 0) is 50.3 Å². The second-order valence-electron chi connectivity index (χ2n) is 8.16. The smallest absolute Gasteiger partial charge is 0.475 e. The number of aryl methyl sites for hydroxylation is 1. The molecule has 1 amide bonds. The van der Waals surface area contributed by atoms with Gasteiger partial charge in [-0.3, -0.25) is 14.7 Å². The third-order valence-electron chi connectivity index (χ3n) is 5.83. The maximum absolute atomic E-state index is 12.5. The number of hydrogen-bond acceptors (Lipinski definition) is 6. The van der Waals surface area contributed by atoms with Crippen LogP contribution in [0.4, 0.5) is 13.2 Å². The molecule has 0 saturated carbocycles. The van der Waals surface area contributed by atoms with Crippen molar-refractivity contribution in [1.82, 2.24) is 19.8 Å². The molecule has 174 valence electrons. The number of piperidine rings is 1. The molecule has 0 bridgehead atoms. The summed E-state index contributed by atoms with van der Waals surface area (Å²) in [6.07, 6.45) is 3.11. The van der Waals surface area contributed by atoms with Gasteiger partial charge >= 0.3 is 12.1 Å². The zero-order valence-electron chi connectivity index (χ0n) is 17.6. The lowest BCUT2D eigenvalue weighted by Gasteiger charge is -2.39. The van der Waals surface area contributed by atoms with E-state index in [0.29, 0.717) is 11.1 Å². The summed E-state index contributed by atoms with van der Waals surface area (Å²) in [5, 5.41) is 7.12. The Morgan fingerprint density at radius 3 is 2.34 bits per heavy atom. The van der Waals surface area contributed by atoms with Crippen LogP contribution in [0.1, 0.15) is 39.5 Å². The first kappa shape index (κ1) is 24.1. The number of aromatic nitrogens is 2. The molecule has 4 heterocycles. The van der Waals surface area contributed by atoms with Gasteiger partial charge in [0.2, 0.25) is 0 Å². The van der Waals surface area contributed by atoms with Crippen molar-refractivity contribution in [2.45, 2.75) is 38.9 Å². The number of carbonyl (C=O) groups excluding carboxylic acids is 1. The molecule has 2 saturated heterocycles. The molecule has 1 N–H and O–H groups in total. The summed E-state index contributed by atoms with van der Waals surface area (Å²) in [5.41, 5.74) is 0.852. The Hall–Kier alpha value is -2.53. The van der Waals surface area contributed by atoms with Gasteiger partial charge in [-0.1, -0.05) is 0 Å². The van der Waals surface area contributed by atoms with E-state index in [-0.39, 0.29) is 5.91 Å². The first-order chi connectivity index (χ1) is 15.1. The molecule has 2 aliphatic rings. The highest BCUT2D eigenvalue weighted by Gasteiger charge is 2.41. The van der Waals surface area contributed by atoms with Gasteiger partial charge in [-0.2, -0.15) is 13.2 Å². The minimum atomic E-state index is -5.08. The maximum atomic E-state index is 12.5. The van der Waals surface area contributed by atoms with Crippen LogP contribution in [0, 0.1) is 12.3 Å². The van der Waals surface area contributed by atoms with Crippen LogP contribution in [0.3, 0.4) is 0 Å². The van der Waals surface area contributed by atoms with E-state index >= 15 is 0 Å². The van der Waals surface area contributed by atoms with Crippen LogP contribution in [0.2, 0.25) is 0 Å². The second kappa shape index (κ2) is 9.95. The van der Waals surface area contributed by atoms with Gasteiger partial charge in [-0.25, -0.2) is 9.78 Å². The quantitative estimate of drug-likeness (QED) is 0.738. The number of amides is 1. The van der Waals surface area contributed by atoms with Crippen LogP contribution >= 0.6 is 11.3 Å². The summed E-state index contributed by atoms with van der Waals surface area (Å²) in [5.74, 6) is -2.74. The average Bonchev–Trinajstić information content (AvgIpc) is 3.34. The maximum Gasteiger partial charge on any atom is 0.490 e. The molecule has 2 aliphatic heterocycles. The minimum absolute atomic E-state index is 0.0202. The fourth-order valence-electron chi connectivity index (χ4n) is 4.12. The van der Waals surface area contributed by atoms with Crippen LogP contribution in [0.25, 0.3) is 0 Å². The highest BCUT2D eigenvalue weighted by Crippen LogP contribution is 2.41. The Labute approximate surface area is 187 Å². The topological polar surface area (TPSA) is 86.6 Å². The first-order valence-corrected chi connectivity index (χ1v) is 11.0. The predicted octanol–water partition coefficient (Wildman–Crippen LogP) is 3.61. The zero-order chi connectivity index (χ0) is 23.4. The number of likely N-dealkylation sites (tertiary alicyclic amines) is 2. The van der Waals surface area contributed by atoms with E-state index in [1.165, 1.54) is 22.7 Å². The number of carboxylic acid groups (broad SMARTS) is 1. The molecule has 1 spiro atoms. The molecule has 4 rings (SSSR count).